The minimum atomic E-state index is -5.16. The predicted octanol–water partition coefficient (Wildman–Crippen LogP) is 4.27. The van der Waals surface area contributed by atoms with Gasteiger partial charge in [-0.2, -0.15) is 21.6 Å². The number of hydrogen-bond donors (Lipinski definition) is 2. The van der Waals surface area contributed by atoms with Gasteiger partial charge in [0.25, 0.3) is 0 Å². The van der Waals surface area contributed by atoms with E-state index in [9.17, 15) is 30.3 Å². The molecule has 0 aliphatic carbocycles. The number of anilines is 1. The predicted molar refractivity (Wildman–Crippen MR) is 89.4 cm³/mol. The van der Waals surface area contributed by atoms with Gasteiger partial charge in [-0.05, 0) is 42.0 Å². The minimum absolute atomic E-state index is 0.179. The van der Waals surface area contributed by atoms with Gasteiger partial charge in [0.15, 0.2) is 0 Å². The van der Waals surface area contributed by atoms with Crippen molar-refractivity contribution in [2.75, 3.05) is 5.32 Å². The van der Waals surface area contributed by atoms with E-state index in [4.69, 9.17) is 11.6 Å². The third-order valence-corrected chi connectivity index (χ3v) is 3.82. The van der Waals surface area contributed by atoms with Gasteiger partial charge in [-0.1, -0.05) is 21.6 Å². The molecule has 0 fully saturated rings. The van der Waals surface area contributed by atoms with Gasteiger partial charge in [-0.3, -0.25) is 0 Å². The summed E-state index contributed by atoms with van der Waals surface area (Å²) in [7, 11) is -5.16. The highest BCUT2D eigenvalue weighted by Crippen LogP contribution is 2.35. The van der Waals surface area contributed by atoms with Crippen molar-refractivity contribution < 1.29 is 34.5 Å². The third-order valence-electron chi connectivity index (χ3n) is 3.10. The Morgan fingerprint density at radius 2 is 1.74 bits per heavy atom. The van der Waals surface area contributed by atoms with Gasteiger partial charge in [-0.25, -0.2) is 4.79 Å². The lowest BCUT2D eigenvalue weighted by molar-refractivity contribution is -0.137. The van der Waals surface area contributed by atoms with Crippen LogP contribution < -0.4 is 14.8 Å². The Balaban J connectivity index is 1.95. The number of benzene rings is 2. The number of halogens is 5. The van der Waals surface area contributed by atoms with E-state index >= 15 is 0 Å². The molecule has 0 radical (unpaired) electrons. The van der Waals surface area contributed by atoms with Crippen LogP contribution in [0, 0.1) is 0 Å². The molecule has 146 valence electrons. The Labute approximate surface area is 156 Å². The van der Waals surface area contributed by atoms with E-state index in [0.717, 1.165) is 24.3 Å². The van der Waals surface area contributed by atoms with Crippen molar-refractivity contribution in [1.82, 2.24) is 5.32 Å². The van der Waals surface area contributed by atoms with E-state index in [1.54, 1.807) is 0 Å². The Kier molecular flexibility index (Phi) is 6.16. The molecule has 0 bridgehead atoms. The molecule has 0 unspecified atom stereocenters. The first-order valence-corrected chi connectivity index (χ1v) is 8.77. The standard InChI is InChI=1S/C15H11ClF4N2O4S/c16-13-6-1-9(7-12(13)15(17,18)19)8-21-14(23)22-10-2-4-11(5-3-10)26-27(20,24)25/h1-7H,8H2,(H2,21,22,23). The van der Waals surface area contributed by atoms with Gasteiger partial charge in [0.05, 0.1) is 10.6 Å². The molecule has 2 aromatic carbocycles. The van der Waals surface area contributed by atoms with Crippen LogP contribution in [0.25, 0.3) is 0 Å². The average Bonchev–Trinajstić information content (AvgIpc) is 2.53. The zero-order valence-electron chi connectivity index (χ0n) is 13.2. The molecule has 6 nitrogen and oxygen atoms in total. The van der Waals surface area contributed by atoms with Gasteiger partial charge < -0.3 is 14.8 Å². The molecule has 27 heavy (non-hydrogen) atoms. The SMILES string of the molecule is O=C(NCc1ccc(Cl)c(C(F)(F)F)c1)Nc1ccc(OS(=O)(=O)F)cc1. The maximum Gasteiger partial charge on any atom is 0.488 e. The Bertz CT molecular complexity index is 934. The fourth-order valence-corrected chi connectivity index (χ4v) is 2.53. The summed E-state index contributed by atoms with van der Waals surface area (Å²) in [5.41, 5.74) is -0.621. The first-order valence-electron chi connectivity index (χ1n) is 7.08. The maximum atomic E-state index is 12.8. The minimum Gasteiger partial charge on any atom is -0.358 e. The second kappa shape index (κ2) is 8.01. The topological polar surface area (TPSA) is 84.5 Å². The van der Waals surface area contributed by atoms with E-state index in [0.29, 0.717) is 0 Å². The highest BCUT2D eigenvalue weighted by Gasteiger charge is 2.33. The summed E-state index contributed by atoms with van der Waals surface area (Å²) in [5, 5.41) is 4.26. The lowest BCUT2D eigenvalue weighted by atomic mass is 10.1. The number of carbonyl (C=O) groups is 1. The molecule has 0 heterocycles. The van der Waals surface area contributed by atoms with Crippen molar-refractivity contribution in [3.8, 4) is 5.75 Å². The first kappa shape index (κ1) is 20.8. The molecule has 0 aliphatic heterocycles. The number of rotatable bonds is 5. The largest absolute Gasteiger partial charge is 0.488 e. The summed E-state index contributed by atoms with van der Waals surface area (Å²) < 4.78 is 75.4. The van der Waals surface area contributed by atoms with Crippen LogP contribution in [-0.2, 0) is 23.2 Å². The van der Waals surface area contributed by atoms with Gasteiger partial charge in [-0.15, -0.1) is 0 Å². The number of nitrogens with one attached hydrogen (secondary N) is 2. The van der Waals surface area contributed by atoms with Crippen LogP contribution in [0.4, 0.5) is 27.5 Å². The zero-order chi connectivity index (χ0) is 20.2. The van der Waals surface area contributed by atoms with Crippen LogP contribution in [0.3, 0.4) is 0 Å². The lowest BCUT2D eigenvalue weighted by Gasteiger charge is -2.12. The lowest BCUT2D eigenvalue weighted by Crippen LogP contribution is -2.28. The van der Waals surface area contributed by atoms with Crippen molar-refractivity contribution in [2.45, 2.75) is 12.7 Å². The van der Waals surface area contributed by atoms with Gasteiger partial charge in [0.1, 0.15) is 5.75 Å². The first-order chi connectivity index (χ1) is 12.4. The summed E-state index contributed by atoms with van der Waals surface area (Å²) in [6, 6.07) is 7.19. The van der Waals surface area contributed by atoms with Crippen molar-refractivity contribution in [3.63, 3.8) is 0 Å². The molecular weight excluding hydrogens is 416 g/mol. The average molecular weight is 427 g/mol. The van der Waals surface area contributed by atoms with Crippen LogP contribution in [0.5, 0.6) is 5.75 Å². The summed E-state index contributed by atoms with van der Waals surface area (Å²) in [4.78, 5) is 11.8. The van der Waals surface area contributed by atoms with E-state index in [1.165, 1.54) is 18.2 Å². The summed E-state index contributed by atoms with van der Waals surface area (Å²) in [6.45, 7) is -0.201. The highest BCUT2D eigenvalue weighted by atomic mass is 35.5. The Morgan fingerprint density at radius 1 is 1.11 bits per heavy atom. The molecule has 0 atom stereocenters. The molecule has 2 N–H and O–H groups in total. The van der Waals surface area contributed by atoms with Crippen molar-refractivity contribution >= 4 is 33.8 Å². The van der Waals surface area contributed by atoms with Crippen molar-refractivity contribution in [1.29, 1.82) is 0 Å². The molecule has 0 spiro atoms. The number of alkyl halides is 3. The van der Waals surface area contributed by atoms with E-state index in [-0.39, 0.29) is 23.5 Å². The molecule has 0 aromatic heterocycles. The van der Waals surface area contributed by atoms with Gasteiger partial charge in [0, 0.05) is 12.2 Å². The summed E-state index contributed by atoms with van der Waals surface area (Å²) in [6.07, 6.45) is -4.62. The molecule has 12 heteroatoms. The van der Waals surface area contributed by atoms with E-state index in [2.05, 4.69) is 14.8 Å². The van der Waals surface area contributed by atoms with Crippen LogP contribution in [-0.4, -0.2) is 14.4 Å². The van der Waals surface area contributed by atoms with Crippen LogP contribution >= 0.6 is 11.6 Å². The molecule has 2 rings (SSSR count). The van der Waals surface area contributed by atoms with Crippen LogP contribution in [0.15, 0.2) is 42.5 Å². The van der Waals surface area contributed by atoms with Gasteiger partial charge in [0.2, 0.25) is 0 Å². The summed E-state index contributed by atoms with van der Waals surface area (Å²) >= 11 is 5.51. The van der Waals surface area contributed by atoms with Crippen LogP contribution in [0.1, 0.15) is 11.1 Å². The number of amides is 2. The molecule has 0 aliphatic rings. The molecule has 2 amide bonds. The maximum absolute atomic E-state index is 12.8. The zero-order valence-corrected chi connectivity index (χ0v) is 14.8. The molecule has 2 aromatic rings. The molecule has 0 saturated heterocycles. The second-order valence-electron chi connectivity index (χ2n) is 5.12. The smallest absolute Gasteiger partial charge is 0.358 e. The fraction of sp³-hybridized carbons (Fsp3) is 0.133. The quantitative estimate of drug-likeness (QED) is 0.552. The van der Waals surface area contributed by atoms with Crippen molar-refractivity contribution in [2.24, 2.45) is 0 Å². The number of carbonyl (C=O) groups excluding carboxylic acids is 1. The molecule has 0 saturated carbocycles. The number of hydrogen-bond acceptors (Lipinski definition) is 4. The Hall–Kier alpha value is -2.53. The van der Waals surface area contributed by atoms with Crippen LogP contribution in [0.2, 0.25) is 5.02 Å². The normalized spacial score (nSPS) is 11.7. The summed E-state index contributed by atoms with van der Waals surface area (Å²) in [5.74, 6) is -0.302. The third kappa shape index (κ3) is 6.61. The molecular formula is C15H11ClF4N2O4S. The fourth-order valence-electron chi connectivity index (χ4n) is 1.97. The second-order valence-corrected chi connectivity index (χ2v) is 6.48. The highest BCUT2D eigenvalue weighted by molar-refractivity contribution is 7.81. The van der Waals surface area contributed by atoms with Gasteiger partial charge >= 0.3 is 22.7 Å². The number of urea groups is 1. The Morgan fingerprint density at radius 3 is 2.30 bits per heavy atom. The van der Waals surface area contributed by atoms with Crippen molar-refractivity contribution in [3.05, 3.63) is 58.6 Å². The van der Waals surface area contributed by atoms with E-state index in [1.807, 2.05) is 0 Å². The van der Waals surface area contributed by atoms with E-state index < -0.39 is 33.3 Å². The monoisotopic (exact) mass is 426 g/mol.